The fourth-order valence-corrected chi connectivity index (χ4v) is 3.71. The molecule has 3 rings (SSSR count). The molecule has 0 saturated carbocycles. The van der Waals surface area contributed by atoms with Crippen molar-refractivity contribution in [1.29, 1.82) is 0 Å². The van der Waals surface area contributed by atoms with E-state index in [4.69, 9.17) is 11.6 Å². The number of carbonyl (C=O) groups is 2. The summed E-state index contributed by atoms with van der Waals surface area (Å²) < 4.78 is 13.7. The molecule has 1 heterocycles. The van der Waals surface area contributed by atoms with Crippen molar-refractivity contribution in [3.8, 4) is 0 Å². The molecule has 0 unspecified atom stereocenters. The van der Waals surface area contributed by atoms with E-state index < -0.39 is 0 Å². The second-order valence-corrected chi connectivity index (χ2v) is 7.39. The van der Waals surface area contributed by atoms with Crippen LogP contribution in [0.4, 0.5) is 15.8 Å². The van der Waals surface area contributed by atoms with Crippen LogP contribution < -0.4 is 10.2 Å². The van der Waals surface area contributed by atoms with Gasteiger partial charge in [-0.1, -0.05) is 17.7 Å². The number of hydrogen-bond donors (Lipinski definition) is 1. The first-order chi connectivity index (χ1) is 12.5. The zero-order chi connectivity index (χ0) is 18.5. The minimum absolute atomic E-state index is 0.132. The van der Waals surface area contributed by atoms with Crippen molar-refractivity contribution in [2.45, 2.75) is 18.6 Å². The molecular formula is C19H18ClFN2O2S. The highest BCUT2D eigenvalue weighted by atomic mass is 35.5. The maximum absolute atomic E-state index is 13.7. The average Bonchev–Trinajstić information content (AvgIpc) is 3.03. The molecule has 2 aromatic carbocycles. The van der Waals surface area contributed by atoms with Gasteiger partial charge >= 0.3 is 0 Å². The molecule has 2 amide bonds. The molecule has 1 N–H and O–H groups in total. The first kappa shape index (κ1) is 18.7. The minimum atomic E-state index is -0.363. The summed E-state index contributed by atoms with van der Waals surface area (Å²) in [5.41, 5.74) is 2.04. The summed E-state index contributed by atoms with van der Waals surface area (Å²) >= 11 is 7.05. The van der Waals surface area contributed by atoms with Crippen molar-refractivity contribution >= 4 is 46.6 Å². The molecular weight excluding hydrogens is 375 g/mol. The Morgan fingerprint density at radius 2 is 2.00 bits per heavy atom. The Balaban J connectivity index is 1.48. The SMILES string of the molecule is O=C(CSCc1ccc(Cl)cc1F)Nc1ccc(N2CCCC2=O)cc1. The molecule has 0 aliphatic carbocycles. The average molecular weight is 393 g/mol. The number of nitrogens with zero attached hydrogens (tertiary/aromatic N) is 1. The third-order valence-corrected chi connectivity index (χ3v) is 5.26. The molecule has 1 fully saturated rings. The maximum atomic E-state index is 13.7. The lowest BCUT2D eigenvalue weighted by Gasteiger charge is -2.16. The molecule has 1 aliphatic rings. The largest absolute Gasteiger partial charge is 0.325 e. The van der Waals surface area contributed by atoms with Crippen LogP contribution in [-0.4, -0.2) is 24.1 Å². The Hall–Kier alpha value is -2.05. The van der Waals surface area contributed by atoms with E-state index in [1.165, 1.54) is 17.8 Å². The lowest BCUT2D eigenvalue weighted by molar-refractivity contribution is -0.117. The standard InChI is InChI=1S/C19H18ClFN2O2S/c20-14-4-3-13(17(21)10-14)11-26-12-18(24)22-15-5-7-16(8-6-15)23-9-1-2-19(23)25/h3-8,10H,1-2,9,11-12H2,(H,22,24). The number of benzene rings is 2. The van der Waals surface area contributed by atoms with E-state index in [1.54, 1.807) is 29.2 Å². The van der Waals surface area contributed by atoms with Crippen LogP contribution in [0.2, 0.25) is 5.02 Å². The minimum Gasteiger partial charge on any atom is -0.325 e. The fourth-order valence-electron chi connectivity index (χ4n) is 2.74. The lowest BCUT2D eigenvalue weighted by Crippen LogP contribution is -2.23. The first-order valence-electron chi connectivity index (χ1n) is 8.25. The van der Waals surface area contributed by atoms with Crippen molar-refractivity contribution in [3.63, 3.8) is 0 Å². The Labute approximate surface area is 160 Å². The predicted octanol–water partition coefficient (Wildman–Crippen LogP) is 4.48. The smallest absolute Gasteiger partial charge is 0.234 e. The number of hydrogen-bond acceptors (Lipinski definition) is 3. The fraction of sp³-hybridized carbons (Fsp3) is 0.263. The molecule has 0 spiro atoms. The number of carbonyl (C=O) groups excluding carboxylic acids is 2. The van der Waals surface area contributed by atoms with Crippen molar-refractivity contribution < 1.29 is 14.0 Å². The van der Waals surface area contributed by atoms with E-state index >= 15 is 0 Å². The predicted molar refractivity (Wildman–Crippen MR) is 104 cm³/mol. The highest BCUT2D eigenvalue weighted by Crippen LogP contribution is 2.23. The second-order valence-electron chi connectivity index (χ2n) is 5.97. The van der Waals surface area contributed by atoms with Gasteiger partial charge in [-0.15, -0.1) is 11.8 Å². The lowest BCUT2D eigenvalue weighted by atomic mass is 10.2. The monoisotopic (exact) mass is 392 g/mol. The van der Waals surface area contributed by atoms with Crippen molar-refractivity contribution in [2.75, 3.05) is 22.5 Å². The molecule has 1 saturated heterocycles. The van der Waals surface area contributed by atoms with Crippen LogP contribution in [0.25, 0.3) is 0 Å². The quantitative estimate of drug-likeness (QED) is 0.788. The van der Waals surface area contributed by atoms with Gasteiger partial charge < -0.3 is 10.2 Å². The van der Waals surface area contributed by atoms with Gasteiger partial charge in [-0.25, -0.2) is 4.39 Å². The number of halogens is 2. The summed E-state index contributed by atoms with van der Waals surface area (Å²) in [6.07, 6.45) is 1.46. The zero-order valence-corrected chi connectivity index (χ0v) is 15.6. The van der Waals surface area contributed by atoms with Gasteiger partial charge in [0, 0.05) is 35.1 Å². The Morgan fingerprint density at radius 3 is 2.65 bits per heavy atom. The Morgan fingerprint density at radius 1 is 1.23 bits per heavy atom. The topological polar surface area (TPSA) is 49.4 Å². The van der Waals surface area contributed by atoms with Crippen LogP contribution in [0, 0.1) is 5.82 Å². The summed E-state index contributed by atoms with van der Waals surface area (Å²) in [6, 6.07) is 11.7. The molecule has 0 bridgehead atoms. The van der Waals surface area contributed by atoms with Gasteiger partial charge in [-0.3, -0.25) is 9.59 Å². The van der Waals surface area contributed by atoms with Gasteiger partial charge in [0.2, 0.25) is 11.8 Å². The van der Waals surface area contributed by atoms with Crippen LogP contribution >= 0.6 is 23.4 Å². The van der Waals surface area contributed by atoms with Crippen molar-refractivity contribution in [2.24, 2.45) is 0 Å². The summed E-state index contributed by atoms with van der Waals surface area (Å²) in [6.45, 7) is 0.739. The van der Waals surface area contributed by atoms with Crippen molar-refractivity contribution in [3.05, 3.63) is 58.9 Å². The normalized spacial score (nSPS) is 13.9. The molecule has 1 aliphatic heterocycles. The number of thioether (sulfide) groups is 1. The van der Waals surface area contributed by atoms with E-state index in [0.29, 0.717) is 28.4 Å². The summed E-state index contributed by atoms with van der Waals surface area (Å²) in [5.74, 6) is 0.223. The first-order valence-corrected chi connectivity index (χ1v) is 9.78. The summed E-state index contributed by atoms with van der Waals surface area (Å²) in [4.78, 5) is 25.5. The van der Waals surface area contributed by atoms with Gasteiger partial charge in [0.1, 0.15) is 5.82 Å². The molecule has 2 aromatic rings. The molecule has 0 aromatic heterocycles. The Bertz CT molecular complexity index is 814. The number of rotatable bonds is 6. The van der Waals surface area contributed by atoms with Gasteiger partial charge in [0.05, 0.1) is 5.75 Å². The summed E-state index contributed by atoms with van der Waals surface area (Å²) in [5, 5.41) is 3.16. The van der Waals surface area contributed by atoms with Crippen molar-refractivity contribution in [1.82, 2.24) is 0 Å². The van der Waals surface area contributed by atoms with Crippen LogP contribution in [-0.2, 0) is 15.3 Å². The molecule has 0 radical (unpaired) electrons. The van der Waals surface area contributed by atoms with E-state index in [-0.39, 0.29) is 23.4 Å². The van der Waals surface area contributed by atoms with Crippen LogP contribution in [0.5, 0.6) is 0 Å². The van der Waals surface area contributed by atoms with Crippen LogP contribution in [0.1, 0.15) is 18.4 Å². The van der Waals surface area contributed by atoms with Crippen LogP contribution in [0.3, 0.4) is 0 Å². The number of amides is 2. The van der Waals surface area contributed by atoms with E-state index in [2.05, 4.69) is 5.32 Å². The van der Waals surface area contributed by atoms with E-state index in [9.17, 15) is 14.0 Å². The van der Waals surface area contributed by atoms with Gasteiger partial charge in [0.25, 0.3) is 0 Å². The highest BCUT2D eigenvalue weighted by molar-refractivity contribution is 7.99. The third-order valence-electron chi connectivity index (χ3n) is 4.04. The molecule has 0 atom stereocenters. The Kier molecular flexibility index (Phi) is 6.16. The molecule has 7 heteroatoms. The van der Waals surface area contributed by atoms with E-state index in [1.807, 2.05) is 12.1 Å². The van der Waals surface area contributed by atoms with E-state index in [0.717, 1.165) is 18.7 Å². The van der Waals surface area contributed by atoms with Gasteiger partial charge in [-0.2, -0.15) is 0 Å². The molecule has 26 heavy (non-hydrogen) atoms. The molecule has 4 nitrogen and oxygen atoms in total. The molecule has 136 valence electrons. The van der Waals surface area contributed by atoms with Gasteiger partial charge in [-0.05, 0) is 48.4 Å². The number of anilines is 2. The second kappa shape index (κ2) is 8.56. The third kappa shape index (κ3) is 4.77. The van der Waals surface area contributed by atoms with Gasteiger partial charge in [0.15, 0.2) is 0 Å². The zero-order valence-electron chi connectivity index (χ0n) is 14.0. The maximum Gasteiger partial charge on any atom is 0.234 e. The number of nitrogens with one attached hydrogen (secondary N) is 1. The van der Waals surface area contributed by atoms with Crippen LogP contribution in [0.15, 0.2) is 42.5 Å². The summed E-state index contributed by atoms with van der Waals surface area (Å²) in [7, 11) is 0. The highest BCUT2D eigenvalue weighted by Gasteiger charge is 2.21.